The van der Waals surface area contributed by atoms with E-state index in [1.54, 1.807) is 37.4 Å². The van der Waals surface area contributed by atoms with Crippen LogP contribution in [-0.2, 0) is 9.59 Å². The summed E-state index contributed by atoms with van der Waals surface area (Å²) in [7, 11) is 1.58. The van der Waals surface area contributed by atoms with Gasteiger partial charge in [-0.15, -0.1) is 0 Å². The monoisotopic (exact) mass is 442 g/mol. The van der Waals surface area contributed by atoms with Gasteiger partial charge < -0.3 is 14.8 Å². The number of benzene rings is 3. The number of imide groups is 1. The molecule has 3 aromatic rings. The number of ether oxygens (including phenoxy) is 2. The van der Waals surface area contributed by atoms with Crippen LogP contribution in [0, 0.1) is 13.8 Å². The molecule has 1 heterocycles. The Balaban J connectivity index is 1.79. The van der Waals surface area contributed by atoms with Crippen LogP contribution in [0.25, 0.3) is 5.57 Å². The van der Waals surface area contributed by atoms with Crippen LogP contribution >= 0.6 is 0 Å². The summed E-state index contributed by atoms with van der Waals surface area (Å²) in [5, 5.41) is 3.17. The van der Waals surface area contributed by atoms with Crippen molar-refractivity contribution in [1.29, 1.82) is 0 Å². The average Bonchev–Trinajstić information content (AvgIpc) is 3.06. The molecule has 6 heteroatoms. The van der Waals surface area contributed by atoms with Gasteiger partial charge in [0.2, 0.25) is 0 Å². The highest BCUT2D eigenvalue weighted by atomic mass is 16.5. The van der Waals surface area contributed by atoms with E-state index in [-0.39, 0.29) is 11.6 Å². The summed E-state index contributed by atoms with van der Waals surface area (Å²) in [6, 6.07) is 19.9. The lowest BCUT2D eigenvalue weighted by Gasteiger charge is -2.16. The van der Waals surface area contributed by atoms with Gasteiger partial charge in [-0.3, -0.25) is 9.59 Å². The number of methoxy groups -OCH3 is 1. The maximum atomic E-state index is 13.6. The Morgan fingerprint density at radius 3 is 2.27 bits per heavy atom. The van der Waals surface area contributed by atoms with Crippen molar-refractivity contribution < 1.29 is 19.1 Å². The molecule has 3 aromatic carbocycles. The van der Waals surface area contributed by atoms with Crippen molar-refractivity contribution in [2.24, 2.45) is 0 Å². The van der Waals surface area contributed by atoms with Crippen LogP contribution in [0.4, 0.5) is 11.4 Å². The molecule has 168 valence electrons. The highest BCUT2D eigenvalue weighted by Crippen LogP contribution is 2.35. The van der Waals surface area contributed by atoms with Gasteiger partial charge in [-0.25, -0.2) is 4.90 Å². The molecule has 0 saturated heterocycles. The first-order chi connectivity index (χ1) is 15.9. The fourth-order valence-electron chi connectivity index (χ4n) is 3.75. The highest BCUT2D eigenvalue weighted by molar-refractivity contribution is 6.46. The number of carbonyl (C=O) groups is 2. The molecule has 0 bridgehead atoms. The second-order valence-corrected chi connectivity index (χ2v) is 7.78. The molecular weight excluding hydrogens is 416 g/mol. The smallest absolute Gasteiger partial charge is 0.282 e. The van der Waals surface area contributed by atoms with E-state index < -0.39 is 5.91 Å². The number of rotatable bonds is 7. The van der Waals surface area contributed by atoms with Gasteiger partial charge in [-0.2, -0.15) is 0 Å². The number of nitrogens with one attached hydrogen (secondary N) is 1. The van der Waals surface area contributed by atoms with Crippen LogP contribution in [0.5, 0.6) is 11.5 Å². The SMILES string of the molecule is CCOc1ccc(N2C(=O)C(Nc3cccc(OC)c3)=C(c3ccc(C)c(C)c3)C2=O)cc1. The molecule has 1 N–H and O–H groups in total. The molecule has 0 spiro atoms. The van der Waals surface area contributed by atoms with Crippen molar-refractivity contribution in [3.8, 4) is 11.5 Å². The molecule has 1 aliphatic rings. The minimum atomic E-state index is -0.416. The maximum absolute atomic E-state index is 13.6. The Labute approximate surface area is 193 Å². The number of aryl methyl sites for hydroxylation is 2. The summed E-state index contributed by atoms with van der Waals surface area (Å²) >= 11 is 0. The molecule has 0 aliphatic carbocycles. The van der Waals surface area contributed by atoms with Gasteiger partial charge in [0, 0.05) is 11.8 Å². The Hall–Kier alpha value is -4.06. The van der Waals surface area contributed by atoms with Crippen molar-refractivity contribution >= 4 is 28.8 Å². The first-order valence-electron chi connectivity index (χ1n) is 10.8. The molecule has 1 aliphatic heterocycles. The molecule has 0 aromatic heterocycles. The number of amides is 2. The summed E-state index contributed by atoms with van der Waals surface area (Å²) < 4.78 is 10.8. The number of carbonyl (C=O) groups excluding carboxylic acids is 2. The second kappa shape index (κ2) is 9.20. The second-order valence-electron chi connectivity index (χ2n) is 7.78. The molecule has 4 rings (SSSR count). The third kappa shape index (κ3) is 4.32. The molecule has 2 amide bonds. The van der Waals surface area contributed by atoms with E-state index in [1.807, 2.05) is 57.2 Å². The largest absolute Gasteiger partial charge is 0.497 e. The summed E-state index contributed by atoms with van der Waals surface area (Å²) in [6.45, 7) is 6.43. The van der Waals surface area contributed by atoms with Crippen molar-refractivity contribution in [3.63, 3.8) is 0 Å². The average molecular weight is 443 g/mol. The highest BCUT2D eigenvalue weighted by Gasteiger charge is 2.40. The number of nitrogens with zero attached hydrogens (tertiary/aromatic N) is 1. The third-order valence-electron chi connectivity index (χ3n) is 5.62. The van der Waals surface area contributed by atoms with Gasteiger partial charge in [0.05, 0.1) is 25.0 Å². The van der Waals surface area contributed by atoms with Crippen molar-refractivity contribution in [2.45, 2.75) is 20.8 Å². The molecule has 0 radical (unpaired) electrons. The lowest BCUT2D eigenvalue weighted by atomic mass is 9.99. The van der Waals surface area contributed by atoms with Crippen molar-refractivity contribution in [1.82, 2.24) is 0 Å². The minimum Gasteiger partial charge on any atom is -0.497 e. The Bertz CT molecular complexity index is 1250. The van der Waals surface area contributed by atoms with Crippen LogP contribution in [0.1, 0.15) is 23.6 Å². The zero-order chi connectivity index (χ0) is 23.5. The third-order valence-corrected chi connectivity index (χ3v) is 5.62. The van der Waals surface area contributed by atoms with Crippen LogP contribution in [0.3, 0.4) is 0 Å². The van der Waals surface area contributed by atoms with E-state index in [0.29, 0.717) is 40.6 Å². The standard InChI is InChI=1S/C27H26N2O4/c1-5-33-22-13-11-21(12-14-22)29-26(30)24(19-10-9-17(2)18(3)15-19)25(27(29)31)28-20-7-6-8-23(16-20)32-4/h6-16,28H,5H2,1-4H3. The molecule has 0 atom stereocenters. The number of hydrogen-bond donors (Lipinski definition) is 1. The van der Waals surface area contributed by atoms with Crippen molar-refractivity contribution in [2.75, 3.05) is 23.9 Å². The zero-order valence-electron chi connectivity index (χ0n) is 19.1. The van der Waals surface area contributed by atoms with Crippen molar-refractivity contribution in [3.05, 3.63) is 89.1 Å². The fourth-order valence-corrected chi connectivity index (χ4v) is 3.75. The minimum absolute atomic E-state index is 0.227. The van der Waals surface area contributed by atoms with Gasteiger partial charge >= 0.3 is 0 Å². The van der Waals surface area contributed by atoms with Gasteiger partial charge in [-0.05, 0) is 73.9 Å². The van der Waals surface area contributed by atoms with Crippen LogP contribution < -0.4 is 19.7 Å². The predicted octanol–water partition coefficient (Wildman–Crippen LogP) is 5.11. The van der Waals surface area contributed by atoms with E-state index in [9.17, 15) is 9.59 Å². The van der Waals surface area contributed by atoms with Gasteiger partial charge in [0.15, 0.2) is 0 Å². The quantitative estimate of drug-likeness (QED) is 0.515. The fraction of sp³-hybridized carbons (Fsp3) is 0.185. The lowest BCUT2D eigenvalue weighted by molar-refractivity contribution is -0.120. The van der Waals surface area contributed by atoms with Gasteiger partial charge in [0.25, 0.3) is 11.8 Å². The Morgan fingerprint density at radius 2 is 1.61 bits per heavy atom. The zero-order valence-corrected chi connectivity index (χ0v) is 19.1. The van der Waals surface area contributed by atoms with E-state index in [4.69, 9.17) is 9.47 Å². The number of anilines is 2. The summed E-state index contributed by atoms with van der Waals surface area (Å²) in [5.74, 6) is 0.531. The molecule has 0 fully saturated rings. The van der Waals surface area contributed by atoms with E-state index >= 15 is 0 Å². The van der Waals surface area contributed by atoms with Gasteiger partial charge in [0.1, 0.15) is 17.2 Å². The molecule has 33 heavy (non-hydrogen) atoms. The lowest BCUT2D eigenvalue weighted by Crippen LogP contribution is -2.32. The van der Waals surface area contributed by atoms with Gasteiger partial charge in [-0.1, -0.05) is 24.3 Å². The van der Waals surface area contributed by atoms with Crippen LogP contribution in [-0.4, -0.2) is 25.5 Å². The first-order valence-corrected chi connectivity index (χ1v) is 10.8. The summed E-state index contributed by atoms with van der Waals surface area (Å²) in [4.78, 5) is 28.3. The normalized spacial score (nSPS) is 13.5. The Kier molecular flexibility index (Phi) is 6.18. The molecular formula is C27H26N2O4. The van der Waals surface area contributed by atoms with Crippen LogP contribution in [0.15, 0.2) is 72.4 Å². The summed E-state index contributed by atoms with van der Waals surface area (Å²) in [5.41, 5.74) is 4.54. The number of hydrogen-bond acceptors (Lipinski definition) is 5. The van der Waals surface area contributed by atoms with E-state index in [2.05, 4.69) is 5.32 Å². The van der Waals surface area contributed by atoms with Crippen LogP contribution in [0.2, 0.25) is 0 Å². The van der Waals surface area contributed by atoms with E-state index in [0.717, 1.165) is 11.1 Å². The Morgan fingerprint density at radius 1 is 0.848 bits per heavy atom. The molecule has 6 nitrogen and oxygen atoms in total. The summed E-state index contributed by atoms with van der Waals surface area (Å²) in [6.07, 6.45) is 0. The molecule has 0 saturated carbocycles. The predicted molar refractivity (Wildman–Crippen MR) is 130 cm³/mol. The molecule has 0 unspecified atom stereocenters. The van der Waals surface area contributed by atoms with E-state index in [1.165, 1.54) is 4.90 Å². The topological polar surface area (TPSA) is 67.9 Å². The maximum Gasteiger partial charge on any atom is 0.282 e. The first kappa shape index (κ1) is 22.1.